The van der Waals surface area contributed by atoms with Crippen molar-refractivity contribution in [2.24, 2.45) is 0 Å². The van der Waals surface area contributed by atoms with Crippen LogP contribution in [0, 0.1) is 0 Å². The smallest absolute Gasteiger partial charge is 0.285 e. The van der Waals surface area contributed by atoms with E-state index in [1.807, 2.05) is 36.6 Å². The highest BCUT2D eigenvalue weighted by atomic mass is 28.4. The maximum absolute atomic E-state index is 12.6. The zero-order chi connectivity index (χ0) is 23.4. The summed E-state index contributed by atoms with van der Waals surface area (Å²) in [5.74, 6) is -0.766. The third-order valence-electron chi connectivity index (χ3n) is 6.38. The lowest BCUT2D eigenvalue weighted by atomic mass is 9.95. The summed E-state index contributed by atoms with van der Waals surface area (Å²) in [7, 11) is -1.82. The predicted molar refractivity (Wildman–Crippen MR) is 129 cm³/mol. The lowest BCUT2D eigenvalue weighted by Crippen LogP contribution is -2.39. The van der Waals surface area contributed by atoms with Crippen molar-refractivity contribution in [3.8, 4) is 0 Å². The highest BCUT2D eigenvalue weighted by Gasteiger charge is 2.38. The number of carbonyl (C=O) groups is 2. The van der Waals surface area contributed by atoms with E-state index in [2.05, 4.69) is 39.9 Å². The van der Waals surface area contributed by atoms with Crippen LogP contribution in [0.2, 0.25) is 18.1 Å². The van der Waals surface area contributed by atoms with Gasteiger partial charge in [0, 0.05) is 5.92 Å². The molecule has 0 spiro atoms. The molecular weight excluding hydrogens is 418 g/mol. The molecule has 2 aromatic carbocycles. The Hall–Kier alpha value is -2.70. The van der Waals surface area contributed by atoms with Gasteiger partial charge in [-0.1, -0.05) is 69.3 Å². The summed E-state index contributed by atoms with van der Waals surface area (Å²) >= 11 is 0. The second-order valence-electron chi connectivity index (χ2n) is 9.68. The molecule has 0 aromatic heterocycles. The van der Waals surface area contributed by atoms with E-state index in [1.54, 1.807) is 24.3 Å². The molecule has 170 valence electrons. The Labute approximate surface area is 192 Å². The Balaban J connectivity index is 1.62. The van der Waals surface area contributed by atoms with Crippen molar-refractivity contribution < 1.29 is 18.9 Å². The molecule has 0 N–H and O–H groups in total. The van der Waals surface area contributed by atoms with Gasteiger partial charge >= 0.3 is 0 Å². The highest BCUT2D eigenvalue weighted by molar-refractivity contribution is 6.74. The number of imide groups is 1. The second kappa shape index (κ2) is 9.84. The van der Waals surface area contributed by atoms with Gasteiger partial charge < -0.3 is 4.43 Å². The number of rotatable bonds is 9. The van der Waals surface area contributed by atoms with E-state index in [1.165, 1.54) is 0 Å². The molecule has 3 rings (SSSR count). The fourth-order valence-electron chi connectivity index (χ4n) is 3.28. The maximum Gasteiger partial charge on any atom is 0.285 e. The van der Waals surface area contributed by atoms with Gasteiger partial charge in [0.25, 0.3) is 11.8 Å². The molecule has 0 aliphatic carbocycles. The van der Waals surface area contributed by atoms with Crippen molar-refractivity contribution >= 4 is 20.1 Å². The van der Waals surface area contributed by atoms with Crippen LogP contribution in [-0.4, -0.2) is 31.8 Å². The van der Waals surface area contributed by atoms with Crippen LogP contribution in [0.4, 0.5) is 0 Å². The summed E-state index contributed by atoms with van der Waals surface area (Å²) in [6, 6.07) is 16.8. The van der Waals surface area contributed by atoms with Gasteiger partial charge in [-0.2, -0.15) is 0 Å². The molecule has 2 aromatic rings. The van der Waals surface area contributed by atoms with Gasteiger partial charge in [0.2, 0.25) is 8.32 Å². The maximum atomic E-state index is 12.6. The molecule has 2 amide bonds. The van der Waals surface area contributed by atoms with Crippen LogP contribution in [0.5, 0.6) is 0 Å². The normalized spacial score (nSPS) is 15.3. The van der Waals surface area contributed by atoms with Crippen molar-refractivity contribution in [3.63, 3.8) is 0 Å². The van der Waals surface area contributed by atoms with Crippen molar-refractivity contribution in [2.75, 3.05) is 6.61 Å². The fourth-order valence-corrected chi connectivity index (χ4v) is 4.07. The Morgan fingerprint density at radius 3 is 2.06 bits per heavy atom. The number of hydroxylamine groups is 2. The first-order chi connectivity index (χ1) is 15.1. The van der Waals surface area contributed by atoms with Crippen LogP contribution in [-0.2, 0) is 9.26 Å². The van der Waals surface area contributed by atoms with Crippen molar-refractivity contribution in [1.82, 2.24) is 5.06 Å². The van der Waals surface area contributed by atoms with Gasteiger partial charge in [-0.3, -0.25) is 14.4 Å². The van der Waals surface area contributed by atoms with Crippen molar-refractivity contribution in [1.29, 1.82) is 0 Å². The minimum Gasteiger partial charge on any atom is -0.549 e. The van der Waals surface area contributed by atoms with E-state index >= 15 is 0 Å². The van der Waals surface area contributed by atoms with E-state index < -0.39 is 20.1 Å². The minimum atomic E-state index is -1.82. The summed E-state index contributed by atoms with van der Waals surface area (Å²) < 4.78 is 6.12. The fraction of sp³-hybridized carbons (Fsp3) is 0.385. The van der Waals surface area contributed by atoms with Crippen LogP contribution < -0.4 is 0 Å². The van der Waals surface area contributed by atoms with Crippen LogP contribution >= 0.6 is 0 Å². The lowest BCUT2D eigenvalue weighted by molar-refractivity contribution is -0.0964. The van der Waals surface area contributed by atoms with E-state index in [4.69, 9.17) is 9.26 Å². The molecule has 6 heteroatoms. The SMILES string of the molecule is CC(C)(C)[Si](C)(C)O/C=C\CCC(CON1C(=O)c2ccccc2C1=O)c1ccccc1. The topological polar surface area (TPSA) is 55.8 Å². The van der Waals surface area contributed by atoms with E-state index in [0.29, 0.717) is 11.1 Å². The quantitative estimate of drug-likeness (QED) is 0.254. The van der Waals surface area contributed by atoms with Crippen LogP contribution in [0.3, 0.4) is 0 Å². The van der Waals surface area contributed by atoms with Crippen LogP contribution in [0.15, 0.2) is 66.9 Å². The molecule has 1 atom stereocenters. The Morgan fingerprint density at radius 2 is 1.50 bits per heavy atom. The highest BCUT2D eigenvalue weighted by Crippen LogP contribution is 2.36. The molecule has 1 aliphatic heterocycles. The molecular formula is C26H33NO4Si. The molecule has 0 bridgehead atoms. The second-order valence-corrected chi connectivity index (χ2v) is 14.4. The first kappa shape index (κ1) is 23.9. The molecule has 0 fully saturated rings. The first-order valence-electron chi connectivity index (χ1n) is 11.1. The molecule has 1 heterocycles. The van der Waals surface area contributed by atoms with E-state index in [9.17, 15) is 9.59 Å². The molecule has 0 radical (unpaired) electrons. The third-order valence-corrected chi connectivity index (χ3v) is 10.7. The monoisotopic (exact) mass is 451 g/mol. The van der Waals surface area contributed by atoms with Gasteiger partial charge in [0.1, 0.15) is 0 Å². The number of amides is 2. The summed E-state index contributed by atoms with van der Waals surface area (Å²) in [4.78, 5) is 30.9. The molecule has 1 aliphatic rings. The third kappa shape index (κ3) is 5.37. The number of allylic oxidation sites excluding steroid dienone is 1. The first-order valence-corrected chi connectivity index (χ1v) is 14.0. The van der Waals surface area contributed by atoms with Crippen LogP contribution in [0.1, 0.15) is 65.8 Å². The van der Waals surface area contributed by atoms with Crippen molar-refractivity contribution in [3.05, 3.63) is 83.6 Å². The van der Waals surface area contributed by atoms with Gasteiger partial charge in [0.15, 0.2) is 0 Å². The number of hydrogen-bond acceptors (Lipinski definition) is 4. The molecule has 0 saturated carbocycles. The number of fused-ring (bicyclic) bond motifs is 1. The standard InChI is InChI=1S/C26H33NO4Si/c1-26(2,3)32(4,5)31-18-12-11-15-21(20-13-7-6-8-14-20)19-30-27-24(28)22-16-9-10-17-23(22)25(27)29/h6-10,12-14,16-18,21H,11,15,19H2,1-5H3/b18-12-. The largest absolute Gasteiger partial charge is 0.549 e. The van der Waals surface area contributed by atoms with E-state index in [0.717, 1.165) is 23.5 Å². The zero-order valence-corrected chi connectivity index (χ0v) is 20.6. The van der Waals surface area contributed by atoms with Crippen LogP contribution in [0.25, 0.3) is 0 Å². The van der Waals surface area contributed by atoms with Crippen molar-refractivity contribution in [2.45, 2.75) is 57.7 Å². The van der Waals surface area contributed by atoms with Gasteiger partial charge in [0.05, 0.1) is 24.0 Å². The predicted octanol–water partition coefficient (Wildman–Crippen LogP) is 6.31. The van der Waals surface area contributed by atoms with E-state index in [-0.39, 0.29) is 17.6 Å². The molecule has 1 unspecified atom stereocenters. The Morgan fingerprint density at radius 1 is 0.938 bits per heavy atom. The average Bonchev–Trinajstić information content (AvgIpc) is 3.00. The lowest BCUT2D eigenvalue weighted by Gasteiger charge is -2.35. The Bertz CT molecular complexity index is 944. The number of hydrogen-bond donors (Lipinski definition) is 0. The average molecular weight is 452 g/mol. The number of benzene rings is 2. The van der Waals surface area contributed by atoms with Gasteiger partial charge in [-0.15, -0.1) is 5.06 Å². The summed E-state index contributed by atoms with van der Waals surface area (Å²) in [5, 5.41) is 1.06. The number of nitrogens with zero attached hydrogens (tertiary/aromatic N) is 1. The molecule has 0 saturated heterocycles. The number of carbonyl (C=O) groups excluding carboxylic acids is 2. The van der Waals surface area contributed by atoms with Gasteiger partial charge in [-0.25, -0.2) is 0 Å². The minimum absolute atomic E-state index is 0.0398. The van der Waals surface area contributed by atoms with Gasteiger partial charge in [-0.05, 0) is 48.7 Å². The summed E-state index contributed by atoms with van der Waals surface area (Å²) in [6.45, 7) is 11.3. The molecule has 32 heavy (non-hydrogen) atoms. The molecule has 5 nitrogen and oxygen atoms in total. The Kier molecular flexibility index (Phi) is 7.36. The summed E-state index contributed by atoms with van der Waals surface area (Å²) in [6.07, 6.45) is 5.51. The summed E-state index contributed by atoms with van der Waals surface area (Å²) in [5.41, 5.74) is 1.89. The zero-order valence-electron chi connectivity index (χ0n) is 19.6.